The fourth-order valence-corrected chi connectivity index (χ4v) is 2.76. The number of benzene rings is 2. The number of anilines is 1. The van der Waals surface area contributed by atoms with Gasteiger partial charge in [-0.1, -0.05) is 30.3 Å². The Bertz CT molecular complexity index is 959. The van der Waals surface area contributed by atoms with Gasteiger partial charge in [0.25, 0.3) is 5.91 Å². The lowest BCUT2D eigenvalue weighted by atomic mass is 10.1. The molecule has 0 aliphatic heterocycles. The van der Waals surface area contributed by atoms with E-state index in [4.69, 9.17) is 15.2 Å². The zero-order valence-electron chi connectivity index (χ0n) is 15.2. The number of rotatable bonds is 6. The number of aromatic nitrogens is 1. The number of carbonyl (C=O) groups is 2. The molecule has 0 spiro atoms. The van der Waals surface area contributed by atoms with Crippen LogP contribution < -0.4 is 15.8 Å². The maximum absolute atomic E-state index is 12.8. The number of para-hydroxylation sites is 1. The standard InChI is InChI=1S/C21H19N3O4/c1-27-18-5-3-2-4-17(18)19(28-21(22)26)20(25)24-16-8-6-14(7-9-16)15-10-12-23-13-11-15/h2-13,19H,1H3,(H2,22,26)(H,24,25). The van der Waals surface area contributed by atoms with Gasteiger partial charge in [-0.15, -0.1) is 0 Å². The number of carbonyl (C=O) groups excluding carboxylic acids is 2. The molecule has 1 heterocycles. The first-order valence-electron chi connectivity index (χ1n) is 8.49. The zero-order chi connectivity index (χ0) is 19.9. The van der Waals surface area contributed by atoms with E-state index >= 15 is 0 Å². The van der Waals surface area contributed by atoms with Gasteiger partial charge in [0.1, 0.15) is 5.75 Å². The number of pyridine rings is 1. The summed E-state index contributed by atoms with van der Waals surface area (Å²) in [4.78, 5) is 28.1. The van der Waals surface area contributed by atoms with E-state index in [-0.39, 0.29) is 0 Å². The van der Waals surface area contributed by atoms with Crippen LogP contribution in [-0.2, 0) is 9.53 Å². The van der Waals surface area contributed by atoms with E-state index in [1.807, 2.05) is 24.3 Å². The molecule has 2 amide bonds. The number of primary amides is 1. The molecule has 0 aliphatic rings. The number of nitrogens with one attached hydrogen (secondary N) is 1. The molecule has 0 saturated carbocycles. The summed E-state index contributed by atoms with van der Waals surface area (Å²) in [5, 5.41) is 2.74. The van der Waals surface area contributed by atoms with Gasteiger partial charge in [-0.2, -0.15) is 0 Å². The van der Waals surface area contributed by atoms with Crippen molar-refractivity contribution in [3.63, 3.8) is 0 Å². The molecule has 0 radical (unpaired) electrons. The second kappa shape index (κ2) is 8.68. The molecule has 7 heteroatoms. The van der Waals surface area contributed by atoms with Crippen LogP contribution in [0.1, 0.15) is 11.7 Å². The summed E-state index contributed by atoms with van der Waals surface area (Å²) in [5.41, 5.74) is 8.09. The van der Waals surface area contributed by atoms with Crippen LogP contribution in [0.3, 0.4) is 0 Å². The number of methoxy groups -OCH3 is 1. The lowest BCUT2D eigenvalue weighted by molar-refractivity contribution is -0.124. The number of amides is 2. The molecule has 7 nitrogen and oxygen atoms in total. The molecule has 1 aromatic heterocycles. The van der Waals surface area contributed by atoms with Crippen LogP contribution in [0.15, 0.2) is 73.1 Å². The summed E-state index contributed by atoms with van der Waals surface area (Å²) in [7, 11) is 1.47. The minimum atomic E-state index is -1.24. The molecule has 0 saturated heterocycles. The van der Waals surface area contributed by atoms with Gasteiger partial charge in [0.2, 0.25) is 6.10 Å². The van der Waals surface area contributed by atoms with E-state index in [2.05, 4.69) is 10.3 Å². The Morgan fingerprint density at radius 1 is 0.964 bits per heavy atom. The Morgan fingerprint density at radius 2 is 1.61 bits per heavy atom. The van der Waals surface area contributed by atoms with Crippen molar-refractivity contribution in [3.05, 3.63) is 78.6 Å². The molecule has 1 atom stereocenters. The Kier molecular flexibility index (Phi) is 5.86. The van der Waals surface area contributed by atoms with Crippen molar-refractivity contribution in [2.45, 2.75) is 6.10 Å². The molecule has 0 bridgehead atoms. The average molecular weight is 377 g/mol. The predicted octanol–water partition coefficient (Wildman–Crippen LogP) is 3.53. The van der Waals surface area contributed by atoms with E-state index in [0.29, 0.717) is 17.0 Å². The summed E-state index contributed by atoms with van der Waals surface area (Å²) < 4.78 is 10.3. The largest absolute Gasteiger partial charge is 0.496 e. The van der Waals surface area contributed by atoms with Gasteiger partial charge in [-0.05, 0) is 41.5 Å². The van der Waals surface area contributed by atoms with E-state index in [9.17, 15) is 9.59 Å². The first kappa shape index (κ1) is 18.9. The van der Waals surface area contributed by atoms with Crippen molar-refractivity contribution >= 4 is 17.7 Å². The minimum Gasteiger partial charge on any atom is -0.496 e. The molecule has 2 aromatic carbocycles. The Hall–Kier alpha value is -3.87. The molecule has 0 aliphatic carbocycles. The molecule has 142 valence electrons. The van der Waals surface area contributed by atoms with Crippen molar-refractivity contribution in [2.24, 2.45) is 5.73 Å². The van der Waals surface area contributed by atoms with Gasteiger partial charge >= 0.3 is 6.09 Å². The number of nitrogens with two attached hydrogens (primary N) is 1. The molecular formula is C21H19N3O4. The second-order valence-corrected chi connectivity index (χ2v) is 5.86. The SMILES string of the molecule is COc1ccccc1C(OC(N)=O)C(=O)Nc1ccc(-c2ccncc2)cc1. The van der Waals surface area contributed by atoms with Crippen LogP contribution in [0.25, 0.3) is 11.1 Å². The smallest absolute Gasteiger partial charge is 0.405 e. The van der Waals surface area contributed by atoms with Crippen LogP contribution >= 0.6 is 0 Å². The highest BCUT2D eigenvalue weighted by Crippen LogP contribution is 2.29. The fraction of sp³-hybridized carbons (Fsp3) is 0.0952. The summed E-state index contributed by atoms with van der Waals surface area (Å²) in [6, 6.07) is 17.8. The lowest BCUT2D eigenvalue weighted by Gasteiger charge is -2.19. The van der Waals surface area contributed by atoms with Gasteiger partial charge < -0.3 is 20.5 Å². The quantitative estimate of drug-likeness (QED) is 0.684. The number of hydrogen-bond acceptors (Lipinski definition) is 5. The van der Waals surface area contributed by atoms with Gasteiger partial charge in [0.15, 0.2) is 0 Å². The third-order valence-corrected chi connectivity index (χ3v) is 4.06. The third-order valence-electron chi connectivity index (χ3n) is 4.06. The van der Waals surface area contributed by atoms with Crippen molar-refractivity contribution in [1.29, 1.82) is 0 Å². The van der Waals surface area contributed by atoms with Gasteiger partial charge in [0.05, 0.1) is 7.11 Å². The van der Waals surface area contributed by atoms with Crippen molar-refractivity contribution in [2.75, 3.05) is 12.4 Å². The molecule has 0 fully saturated rings. The molecular weight excluding hydrogens is 358 g/mol. The van der Waals surface area contributed by atoms with E-state index < -0.39 is 18.1 Å². The summed E-state index contributed by atoms with van der Waals surface area (Å²) in [6.45, 7) is 0. The number of nitrogens with zero attached hydrogens (tertiary/aromatic N) is 1. The number of ether oxygens (including phenoxy) is 2. The first-order chi connectivity index (χ1) is 13.6. The Balaban J connectivity index is 1.81. The highest BCUT2D eigenvalue weighted by molar-refractivity contribution is 5.96. The van der Waals surface area contributed by atoms with Crippen LogP contribution in [0.4, 0.5) is 10.5 Å². The van der Waals surface area contributed by atoms with E-state index in [1.165, 1.54) is 7.11 Å². The van der Waals surface area contributed by atoms with Crippen molar-refractivity contribution in [3.8, 4) is 16.9 Å². The summed E-state index contributed by atoms with van der Waals surface area (Å²) >= 11 is 0. The molecule has 3 N–H and O–H groups in total. The van der Waals surface area contributed by atoms with Crippen LogP contribution in [0.2, 0.25) is 0 Å². The van der Waals surface area contributed by atoms with Gasteiger partial charge in [0, 0.05) is 23.6 Å². The van der Waals surface area contributed by atoms with Gasteiger partial charge in [-0.25, -0.2) is 4.79 Å². The Morgan fingerprint density at radius 3 is 2.25 bits per heavy atom. The maximum atomic E-state index is 12.8. The van der Waals surface area contributed by atoms with E-state index in [1.54, 1.807) is 48.8 Å². The molecule has 3 rings (SSSR count). The summed E-state index contributed by atoms with van der Waals surface area (Å²) in [6.07, 6.45) is 1.13. The Labute approximate surface area is 162 Å². The van der Waals surface area contributed by atoms with Crippen LogP contribution in [0.5, 0.6) is 5.75 Å². The minimum absolute atomic E-state index is 0.398. The number of hydrogen-bond donors (Lipinski definition) is 2. The topological polar surface area (TPSA) is 104 Å². The van der Waals surface area contributed by atoms with Crippen molar-refractivity contribution < 1.29 is 19.1 Å². The lowest BCUT2D eigenvalue weighted by Crippen LogP contribution is -2.28. The molecule has 3 aromatic rings. The second-order valence-electron chi connectivity index (χ2n) is 5.86. The zero-order valence-corrected chi connectivity index (χ0v) is 15.2. The third kappa shape index (κ3) is 4.45. The van der Waals surface area contributed by atoms with Crippen molar-refractivity contribution in [1.82, 2.24) is 4.98 Å². The monoisotopic (exact) mass is 377 g/mol. The highest BCUT2D eigenvalue weighted by Gasteiger charge is 2.27. The fourth-order valence-electron chi connectivity index (χ4n) is 2.76. The summed E-state index contributed by atoms with van der Waals surface area (Å²) in [5.74, 6) is -0.128. The normalized spacial score (nSPS) is 11.3. The predicted molar refractivity (Wildman–Crippen MR) is 105 cm³/mol. The van der Waals surface area contributed by atoms with Crippen LogP contribution in [-0.4, -0.2) is 24.1 Å². The highest BCUT2D eigenvalue weighted by atomic mass is 16.6. The average Bonchev–Trinajstić information content (AvgIpc) is 2.73. The molecule has 1 unspecified atom stereocenters. The first-order valence-corrected chi connectivity index (χ1v) is 8.49. The van der Waals surface area contributed by atoms with Crippen LogP contribution in [0, 0.1) is 0 Å². The van der Waals surface area contributed by atoms with Gasteiger partial charge in [-0.3, -0.25) is 9.78 Å². The molecule has 28 heavy (non-hydrogen) atoms. The van der Waals surface area contributed by atoms with E-state index in [0.717, 1.165) is 11.1 Å². The maximum Gasteiger partial charge on any atom is 0.405 e.